The summed E-state index contributed by atoms with van der Waals surface area (Å²) in [6.07, 6.45) is 1.27. The average Bonchev–Trinajstić information content (AvgIpc) is 2.41. The van der Waals surface area contributed by atoms with Crippen molar-refractivity contribution in [3.63, 3.8) is 0 Å². The first kappa shape index (κ1) is 15.1. The van der Waals surface area contributed by atoms with E-state index in [1.165, 1.54) is 6.07 Å². The zero-order chi connectivity index (χ0) is 15.9. The van der Waals surface area contributed by atoms with Crippen LogP contribution in [0, 0.1) is 0 Å². The lowest BCUT2D eigenvalue weighted by molar-refractivity contribution is -0.120. The molecule has 6 heteroatoms. The van der Waals surface area contributed by atoms with Gasteiger partial charge in [0.2, 0.25) is 0 Å². The molecule has 0 radical (unpaired) electrons. The van der Waals surface area contributed by atoms with Gasteiger partial charge in [0, 0.05) is 18.9 Å². The quantitative estimate of drug-likeness (QED) is 0.717. The third-order valence-electron chi connectivity index (χ3n) is 4.37. The van der Waals surface area contributed by atoms with E-state index in [2.05, 4.69) is 0 Å². The molecule has 2 aliphatic heterocycles. The molecular weight excluding hydrogens is 288 g/mol. The molecule has 1 aromatic rings. The lowest BCUT2D eigenvalue weighted by Crippen LogP contribution is -2.40. The van der Waals surface area contributed by atoms with Crippen LogP contribution in [0.15, 0.2) is 12.1 Å². The van der Waals surface area contributed by atoms with Gasteiger partial charge in [0.25, 0.3) is 0 Å². The van der Waals surface area contributed by atoms with Gasteiger partial charge in [0.05, 0.1) is 18.3 Å². The van der Waals surface area contributed by atoms with Crippen LogP contribution in [0.25, 0.3) is 0 Å². The molecule has 2 aliphatic rings. The number of hydrogen-bond donors (Lipinski definition) is 3. The number of aromatic hydroxyl groups is 2. The Morgan fingerprint density at radius 1 is 1.23 bits per heavy atom. The van der Waals surface area contributed by atoms with Gasteiger partial charge in [0.1, 0.15) is 23.2 Å². The number of fused-ring (bicyclic) bond motifs is 1. The molecule has 0 spiro atoms. The molecule has 6 nitrogen and oxygen atoms in total. The van der Waals surface area contributed by atoms with Crippen molar-refractivity contribution < 1.29 is 29.6 Å². The molecule has 0 saturated carbocycles. The zero-order valence-electron chi connectivity index (χ0n) is 12.4. The van der Waals surface area contributed by atoms with Crippen LogP contribution in [-0.2, 0) is 15.9 Å². The maximum Gasteiger partial charge on any atom is 0.342 e. The Bertz CT molecular complexity index is 584. The van der Waals surface area contributed by atoms with Crippen LogP contribution < -0.4 is 0 Å². The molecule has 1 fully saturated rings. The van der Waals surface area contributed by atoms with Gasteiger partial charge in [-0.15, -0.1) is 0 Å². The van der Waals surface area contributed by atoms with Gasteiger partial charge in [-0.1, -0.05) is 0 Å². The minimum atomic E-state index is -0.576. The number of ether oxygens (including phenoxy) is 2. The van der Waals surface area contributed by atoms with Crippen molar-refractivity contribution in [3.05, 3.63) is 23.3 Å². The highest BCUT2D eigenvalue weighted by molar-refractivity contribution is 5.95. The Morgan fingerprint density at radius 2 is 2.00 bits per heavy atom. The van der Waals surface area contributed by atoms with E-state index < -0.39 is 12.1 Å². The average molecular weight is 308 g/mol. The number of rotatable bonds is 2. The molecule has 22 heavy (non-hydrogen) atoms. The molecule has 2 heterocycles. The Kier molecular flexibility index (Phi) is 3.97. The Balaban J connectivity index is 1.71. The third kappa shape index (κ3) is 2.89. The van der Waals surface area contributed by atoms with Crippen LogP contribution in [-0.4, -0.2) is 45.7 Å². The highest BCUT2D eigenvalue weighted by atomic mass is 16.6. The molecular formula is C16H20O6. The fourth-order valence-corrected chi connectivity index (χ4v) is 3.21. The topological polar surface area (TPSA) is 96.2 Å². The van der Waals surface area contributed by atoms with Gasteiger partial charge in [-0.05, 0) is 31.4 Å². The summed E-state index contributed by atoms with van der Waals surface area (Å²) in [5.41, 5.74) is 0.713. The largest absolute Gasteiger partial charge is 0.508 e. The fourth-order valence-electron chi connectivity index (χ4n) is 3.21. The van der Waals surface area contributed by atoms with E-state index in [0.717, 1.165) is 12.5 Å². The van der Waals surface area contributed by atoms with Crippen LogP contribution in [0.5, 0.6) is 11.5 Å². The van der Waals surface area contributed by atoms with Crippen LogP contribution in [0.4, 0.5) is 0 Å². The number of phenolic OH excluding ortho intramolecular Hbond substituents is 2. The Morgan fingerprint density at radius 3 is 2.73 bits per heavy atom. The monoisotopic (exact) mass is 308 g/mol. The molecule has 1 aromatic carbocycles. The van der Waals surface area contributed by atoms with Crippen molar-refractivity contribution in [2.24, 2.45) is 0 Å². The number of cyclic esters (lactones) is 1. The molecule has 4 atom stereocenters. The molecule has 1 unspecified atom stereocenters. The molecule has 3 rings (SSSR count). The van der Waals surface area contributed by atoms with Crippen molar-refractivity contribution in [1.82, 2.24) is 0 Å². The number of aliphatic hydroxyl groups is 1. The van der Waals surface area contributed by atoms with E-state index in [4.69, 9.17) is 9.47 Å². The molecule has 0 amide bonds. The second-order valence-electron chi connectivity index (χ2n) is 6.07. The predicted octanol–water partition coefficient (Wildman–Crippen LogP) is 1.50. The first-order valence-corrected chi connectivity index (χ1v) is 7.53. The predicted molar refractivity (Wildman–Crippen MR) is 76.9 cm³/mol. The maximum absolute atomic E-state index is 12.0. The maximum atomic E-state index is 12.0. The van der Waals surface area contributed by atoms with Gasteiger partial charge in [0.15, 0.2) is 0 Å². The summed E-state index contributed by atoms with van der Waals surface area (Å²) in [6, 6.07) is 2.62. The van der Waals surface area contributed by atoms with Crippen LogP contribution in [0.1, 0.15) is 42.1 Å². The van der Waals surface area contributed by atoms with Crippen molar-refractivity contribution in [3.8, 4) is 11.5 Å². The van der Waals surface area contributed by atoms with Crippen molar-refractivity contribution >= 4 is 5.97 Å². The zero-order valence-corrected chi connectivity index (χ0v) is 12.4. The first-order valence-electron chi connectivity index (χ1n) is 7.53. The Labute approximate surface area is 128 Å². The minimum absolute atomic E-state index is 0.0661. The normalized spacial score (nSPS) is 31.5. The number of hydrogen-bond acceptors (Lipinski definition) is 6. The summed E-state index contributed by atoms with van der Waals surface area (Å²) in [6.45, 7) is 1.83. The van der Waals surface area contributed by atoms with E-state index in [1.807, 2.05) is 6.92 Å². The second-order valence-corrected chi connectivity index (χ2v) is 6.07. The van der Waals surface area contributed by atoms with Crippen LogP contribution in [0.3, 0.4) is 0 Å². The van der Waals surface area contributed by atoms with E-state index in [-0.39, 0.29) is 35.4 Å². The molecule has 120 valence electrons. The summed E-state index contributed by atoms with van der Waals surface area (Å²) in [7, 11) is 0. The number of phenols is 2. The number of carbonyl (C=O) groups is 1. The number of aliphatic hydroxyl groups excluding tert-OH is 1. The summed E-state index contributed by atoms with van der Waals surface area (Å²) in [4.78, 5) is 12.0. The summed E-state index contributed by atoms with van der Waals surface area (Å²) >= 11 is 0. The lowest BCUT2D eigenvalue weighted by atomic mass is 9.92. The number of benzene rings is 1. The van der Waals surface area contributed by atoms with Gasteiger partial charge >= 0.3 is 5.97 Å². The summed E-state index contributed by atoms with van der Waals surface area (Å²) < 4.78 is 11.1. The number of esters is 1. The highest BCUT2D eigenvalue weighted by Gasteiger charge is 2.34. The van der Waals surface area contributed by atoms with Crippen LogP contribution in [0.2, 0.25) is 0 Å². The molecule has 0 aromatic heterocycles. The molecule has 1 saturated heterocycles. The van der Waals surface area contributed by atoms with Crippen molar-refractivity contribution in [2.75, 3.05) is 0 Å². The van der Waals surface area contributed by atoms with E-state index in [9.17, 15) is 20.1 Å². The first-order chi connectivity index (χ1) is 10.4. The smallest absolute Gasteiger partial charge is 0.342 e. The van der Waals surface area contributed by atoms with Gasteiger partial charge in [-0.2, -0.15) is 0 Å². The van der Waals surface area contributed by atoms with E-state index in [1.54, 1.807) is 0 Å². The SMILES string of the molecule is C[C@@H]1O[C@@H](C[C@H]2Cc3cc(O)cc(O)c3C(=O)O2)CCC1O. The van der Waals surface area contributed by atoms with Crippen molar-refractivity contribution in [1.29, 1.82) is 0 Å². The van der Waals surface area contributed by atoms with Gasteiger partial charge in [-0.25, -0.2) is 4.79 Å². The summed E-state index contributed by atoms with van der Waals surface area (Å²) in [5, 5.41) is 29.0. The summed E-state index contributed by atoms with van der Waals surface area (Å²) in [5.74, 6) is -0.910. The second kappa shape index (κ2) is 5.78. The number of carbonyl (C=O) groups excluding carboxylic acids is 1. The van der Waals surface area contributed by atoms with Crippen LogP contribution >= 0.6 is 0 Å². The molecule has 3 N–H and O–H groups in total. The third-order valence-corrected chi connectivity index (χ3v) is 4.37. The minimum Gasteiger partial charge on any atom is -0.508 e. The Hall–Kier alpha value is -1.79. The molecule has 0 aliphatic carbocycles. The fraction of sp³-hybridized carbons (Fsp3) is 0.562. The molecule has 0 bridgehead atoms. The van der Waals surface area contributed by atoms with Gasteiger partial charge < -0.3 is 24.8 Å². The highest BCUT2D eigenvalue weighted by Crippen LogP contribution is 2.34. The lowest BCUT2D eigenvalue weighted by Gasteiger charge is -2.34. The standard InChI is InChI=1S/C16H20O6/c1-8-13(18)3-2-11(21-8)7-12-5-9-4-10(17)6-14(19)15(9)16(20)22-12/h4,6,8,11-13,17-19H,2-3,5,7H2,1H3/t8-,11+,12+,13?/m0/s1. The van der Waals surface area contributed by atoms with E-state index >= 15 is 0 Å². The van der Waals surface area contributed by atoms with Gasteiger partial charge in [-0.3, -0.25) is 0 Å². The van der Waals surface area contributed by atoms with E-state index in [0.29, 0.717) is 24.8 Å². The van der Waals surface area contributed by atoms with Crippen molar-refractivity contribution in [2.45, 2.75) is 57.0 Å².